The molecule has 0 radical (unpaired) electrons. The van der Waals surface area contributed by atoms with Gasteiger partial charge in [0.05, 0.1) is 16.2 Å². The monoisotopic (exact) mass is 423 g/mol. The predicted molar refractivity (Wildman–Crippen MR) is 110 cm³/mol. The maximum Gasteiger partial charge on any atom is 0.270 e. The van der Waals surface area contributed by atoms with Crippen LogP contribution in [0, 0.1) is 10.1 Å². The molecule has 1 aliphatic carbocycles. The van der Waals surface area contributed by atoms with Crippen LogP contribution in [0.1, 0.15) is 57.8 Å². The number of nitrogens with one attached hydrogen (secondary N) is 1. The van der Waals surface area contributed by atoms with Crippen LogP contribution in [0.5, 0.6) is 0 Å². The average Bonchev–Trinajstić information content (AvgIpc) is 3.24. The predicted octanol–water partition coefficient (Wildman–Crippen LogP) is 3.67. The van der Waals surface area contributed by atoms with Crippen LogP contribution in [0.3, 0.4) is 0 Å². The van der Waals surface area contributed by atoms with Gasteiger partial charge in [0, 0.05) is 37.9 Å². The van der Waals surface area contributed by atoms with E-state index in [1.54, 1.807) is 6.07 Å². The van der Waals surface area contributed by atoms with E-state index in [1.807, 2.05) is 0 Å². The van der Waals surface area contributed by atoms with Crippen molar-refractivity contribution in [3.05, 3.63) is 28.3 Å². The lowest BCUT2D eigenvalue weighted by atomic mass is 9.78. The molecule has 1 aromatic rings. The Morgan fingerprint density at radius 3 is 2.55 bits per heavy atom. The van der Waals surface area contributed by atoms with Crippen molar-refractivity contribution in [3.8, 4) is 0 Å². The van der Waals surface area contributed by atoms with Crippen LogP contribution in [0.2, 0.25) is 0 Å². The number of anilines is 1. The van der Waals surface area contributed by atoms with Gasteiger partial charge in [-0.25, -0.2) is 8.42 Å². The van der Waals surface area contributed by atoms with Gasteiger partial charge >= 0.3 is 0 Å². The van der Waals surface area contributed by atoms with Gasteiger partial charge in [0.2, 0.25) is 10.0 Å². The summed E-state index contributed by atoms with van der Waals surface area (Å²) in [4.78, 5) is 10.7. The number of hydrogen-bond acceptors (Lipinski definition) is 6. The highest BCUT2D eigenvalue weighted by Crippen LogP contribution is 2.40. The van der Waals surface area contributed by atoms with Crippen LogP contribution in [-0.4, -0.2) is 49.0 Å². The Kier molecular flexibility index (Phi) is 5.81. The second-order valence-corrected chi connectivity index (χ2v) is 10.4. The molecule has 1 unspecified atom stereocenters. The number of non-ortho nitro benzene ring substituents is 1. The highest BCUT2D eigenvalue weighted by Gasteiger charge is 2.39. The van der Waals surface area contributed by atoms with E-state index in [1.165, 1.54) is 35.7 Å². The second-order valence-electron chi connectivity index (χ2n) is 8.47. The second kappa shape index (κ2) is 8.20. The van der Waals surface area contributed by atoms with Crippen LogP contribution >= 0.6 is 0 Å². The number of sulfonamides is 1. The third-order valence-corrected chi connectivity index (χ3v) is 8.41. The Bertz CT molecular complexity index is 855. The summed E-state index contributed by atoms with van der Waals surface area (Å²) in [6, 6.07) is 4.22. The summed E-state index contributed by atoms with van der Waals surface area (Å²) in [5.41, 5.74) is 0.146. The number of nitrogens with zero attached hydrogens (tertiary/aromatic N) is 2. The lowest BCUT2D eigenvalue weighted by Crippen LogP contribution is -2.45. The Hall–Kier alpha value is -1.71. The number of nitro benzene ring substituents is 1. The molecule has 1 spiro atoms. The van der Waals surface area contributed by atoms with E-state index in [-0.39, 0.29) is 22.2 Å². The number of hydrogen-bond donors (Lipinski definition) is 1. The van der Waals surface area contributed by atoms with Crippen molar-refractivity contribution in [1.29, 1.82) is 0 Å². The summed E-state index contributed by atoms with van der Waals surface area (Å²) in [6.45, 7) is 1.58. The molecule has 3 aliphatic rings. The van der Waals surface area contributed by atoms with Crippen LogP contribution < -0.4 is 5.32 Å². The number of nitro groups is 1. The van der Waals surface area contributed by atoms with Gasteiger partial charge in [0.1, 0.15) is 4.90 Å². The van der Waals surface area contributed by atoms with Gasteiger partial charge in [-0.15, -0.1) is 0 Å². The van der Waals surface area contributed by atoms with E-state index in [0.717, 1.165) is 38.5 Å². The molecular formula is C20H29N3O5S. The van der Waals surface area contributed by atoms with Crippen molar-refractivity contribution in [2.24, 2.45) is 0 Å². The molecule has 0 aromatic heterocycles. The maximum atomic E-state index is 13.2. The molecule has 0 amide bonds. The van der Waals surface area contributed by atoms with Gasteiger partial charge in [-0.05, 0) is 44.6 Å². The lowest BCUT2D eigenvalue weighted by molar-refractivity contribution is -0.385. The molecule has 1 saturated carbocycles. The van der Waals surface area contributed by atoms with Crippen LogP contribution in [-0.2, 0) is 14.8 Å². The number of benzene rings is 1. The van der Waals surface area contributed by atoms with Gasteiger partial charge in [0.25, 0.3) is 5.69 Å². The van der Waals surface area contributed by atoms with Crippen LogP contribution in [0.4, 0.5) is 11.4 Å². The third-order valence-electron chi connectivity index (χ3n) is 6.48. The SMILES string of the molecule is O=[N+]([O-])c1ccc(NC2CCOC3(CCCCC3)C2)c(S(=O)(=O)N2CCCC2)c1. The largest absolute Gasteiger partial charge is 0.381 e. The van der Waals surface area contributed by atoms with Crippen molar-refractivity contribution >= 4 is 21.4 Å². The molecule has 0 bridgehead atoms. The Morgan fingerprint density at radius 1 is 1.14 bits per heavy atom. The summed E-state index contributed by atoms with van der Waals surface area (Å²) in [5, 5.41) is 14.7. The molecule has 9 heteroatoms. The van der Waals surface area contributed by atoms with E-state index < -0.39 is 14.9 Å². The van der Waals surface area contributed by atoms with E-state index in [4.69, 9.17) is 4.74 Å². The van der Waals surface area contributed by atoms with Crippen molar-refractivity contribution < 1.29 is 18.1 Å². The summed E-state index contributed by atoms with van der Waals surface area (Å²) < 4.78 is 34.0. The number of rotatable bonds is 5. The van der Waals surface area contributed by atoms with Crippen molar-refractivity contribution in [1.82, 2.24) is 4.31 Å². The standard InChI is InChI=1S/C20H29N3O5S/c24-23(25)17-6-7-18(19(14-17)29(26,27)22-11-4-5-12-22)21-16-8-13-28-20(15-16)9-2-1-3-10-20/h6-7,14,16,21H,1-5,8-13,15H2. The zero-order chi connectivity index (χ0) is 20.5. The van der Waals surface area contributed by atoms with Crippen molar-refractivity contribution in [3.63, 3.8) is 0 Å². The summed E-state index contributed by atoms with van der Waals surface area (Å²) in [5.74, 6) is 0. The molecule has 1 aromatic carbocycles. The van der Waals surface area contributed by atoms with E-state index in [9.17, 15) is 18.5 Å². The molecule has 2 heterocycles. The Balaban J connectivity index is 1.62. The summed E-state index contributed by atoms with van der Waals surface area (Å²) >= 11 is 0. The first-order valence-electron chi connectivity index (χ1n) is 10.6. The highest BCUT2D eigenvalue weighted by atomic mass is 32.2. The van der Waals surface area contributed by atoms with Crippen LogP contribution in [0.15, 0.2) is 23.1 Å². The Labute approximate surface area is 171 Å². The average molecular weight is 424 g/mol. The third kappa shape index (κ3) is 4.27. The van der Waals surface area contributed by atoms with Gasteiger partial charge in [0.15, 0.2) is 0 Å². The fourth-order valence-electron chi connectivity index (χ4n) is 4.94. The van der Waals surface area contributed by atoms with Gasteiger partial charge < -0.3 is 10.1 Å². The molecule has 4 rings (SSSR count). The maximum absolute atomic E-state index is 13.2. The minimum absolute atomic E-state index is 0.0118. The molecule has 3 fully saturated rings. The molecular weight excluding hydrogens is 394 g/mol. The van der Waals surface area contributed by atoms with E-state index >= 15 is 0 Å². The molecule has 8 nitrogen and oxygen atoms in total. The quantitative estimate of drug-likeness (QED) is 0.573. The van der Waals surface area contributed by atoms with Crippen LogP contribution in [0.25, 0.3) is 0 Å². The lowest BCUT2D eigenvalue weighted by Gasteiger charge is -2.44. The summed E-state index contributed by atoms with van der Waals surface area (Å²) in [6.07, 6.45) is 8.93. The first-order valence-corrected chi connectivity index (χ1v) is 12.0. The zero-order valence-electron chi connectivity index (χ0n) is 16.6. The van der Waals surface area contributed by atoms with Crippen molar-refractivity contribution in [2.75, 3.05) is 25.0 Å². The van der Waals surface area contributed by atoms with E-state index in [0.29, 0.717) is 25.4 Å². The fraction of sp³-hybridized carbons (Fsp3) is 0.700. The van der Waals surface area contributed by atoms with Gasteiger partial charge in [-0.3, -0.25) is 10.1 Å². The Morgan fingerprint density at radius 2 is 1.86 bits per heavy atom. The first-order chi connectivity index (χ1) is 13.9. The highest BCUT2D eigenvalue weighted by molar-refractivity contribution is 7.89. The van der Waals surface area contributed by atoms with Gasteiger partial charge in [-0.2, -0.15) is 4.31 Å². The summed E-state index contributed by atoms with van der Waals surface area (Å²) in [7, 11) is -3.77. The molecule has 1 atom stereocenters. The molecule has 1 N–H and O–H groups in total. The topological polar surface area (TPSA) is 102 Å². The molecule has 2 saturated heterocycles. The fourth-order valence-corrected chi connectivity index (χ4v) is 6.63. The smallest absolute Gasteiger partial charge is 0.270 e. The number of ether oxygens (including phenoxy) is 1. The minimum Gasteiger partial charge on any atom is -0.381 e. The van der Waals surface area contributed by atoms with Gasteiger partial charge in [-0.1, -0.05) is 19.3 Å². The van der Waals surface area contributed by atoms with Crippen molar-refractivity contribution in [2.45, 2.75) is 74.3 Å². The molecule has 160 valence electrons. The molecule has 2 aliphatic heterocycles. The zero-order valence-corrected chi connectivity index (χ0v) is 17.5. The first kappa shape index (κ1) is 20.6. The van der Waals surface area contributed by atoms with E-state index in [2.05, 4.69) is 5.32 Å². The minimum atomic E-state index is -3.77. The molecule has 29 heavy (non-hydrogen) atoms. The normalized spacial score (nSPS) is 25.2.